The average Bonchev–Trinajstić information content (AvgIpc) is 2.26. The van der Waals surface area contributed by atoms with Gasteiger partial charge < -0.3 is 10.7 Å². The molecule has 0 radical (unpaired) electrons. The lowest BCUT2D eigenvalue weighted by Gasteiger charge is -2.18. The van der Waals surface area contributed by atoms with Crippen LogP contribution in [0.5, 0.6) is 0 Å². The minimum absolute atomic E-state index is 0.498. The number of halogens is 2. The maximum Gasteiger partial charge on any atom is 0.125 e. The number of rotatable bonds is 4. The van der Waals surface area contributed by atoms with E-state index in [2.05, 4.69) is 44.0 Å². The quantitative estimate of drug-likeness (QED) is 0.504. The highest BCUT2D eigenvalue weighted by molar-refractivity contribution is 9.14. The fraction of sp³-hybridized carbons (Fsp3) is 0.200. The van der Waals surface area contributed by atoms with Crippen LogP contribution in [0.25, 0.3) is 0 Å². The van der Waals surface area contributed by atoms with Crippen LogP contribution in [0, 0.1) is 0 Å². The van der Waals surface area contributed by atoms with Gasteiger partial charge in [0.15, 0.2) is 0 Å². The molecule has 0 fully saturated rings. The topological polar surface area (TPSA) is 55.3 Å². The Hall–Kier alpha value is -0.520. The van der Waals surface area contributed by atoms with Crippen molar-refractivity contribution >= 4 is 31.9 Å². The molecule has 0 aliphatic carbocycles. The smallest absolute Gasteiger partial charge is 0.125 e. The van der Waals surface area contributed by atoms with Crippen LogP contribution in [0.2, 0.25) is 0 Å². The van der Waals surface area contributed by atoms with Crippen LogP contribution in [0.4, 0.5) is 0 Å². The molecular formula is C10H13Br2N3. The molecule has 1 rings (SSSR count). The summed E-state index contributed by atoms with van der Waals surface area (Å²) in [5.41, 5.74) is 6.78. The third kappa shape index (κ3) is 4.24. The molecule has 0 bridgehead atoms. The summed E-state index contributed by atoms with van der Waals surface area (Å²) in [5.74, 6) is 5.78. The SMILES string of the molecule is N/C(Br)=C(/Br)N(N)CCc1ccccc1. The summed E-state index contributed by atoms with van der Waals surface area (Å²) >= 11 is 6.45. The summed E-state index contributed by atoms with van der Waals surface area (Å²) in [6, 6.07) is 10.2. The molecule has 0 saturated carbocycles. The molecule has 0 heterocycles. The first-order valence-electron chi connectivity index (χ1n) is 4.48. The molecule has 5 heteroatoms. The van der Waals surface area contributed by atoms with Crippen molar-refractivity contribution in [2.24, 2.45) is 11.6 Å². The van der Waals surface area contributed by atoms with Crippen molar-refractivity contribution < 1.29 is 0 Å². The molecule has 82 valence electrons. The van der Waals surface area contributed by atoms with Gasteiger partial charge in [-0.3, -0.25) is 0 Å². The summed E-state index contributed by atoms with van der Waals surface area (Å²) in [5, 5.41) is 1.57. The van der Waals surface area contributed by atoms with E-state index in [0.29, 0.717) is 15.8 Å². The number of nitrogens with two attached hydrogens (primary N) is 2. The lowest BCUT2D eigenvalue weighted by atomic mass is 10.1. The molecule has 15 heavy (non-hydrogen) atoms. The van der Waals surface area contributed by atoms with Gasteiger partial charge in [-0.25, -0.2) is 5.84 Å². The highest BCUT2D eigenvalue weighted by atomic mass is 79.9. The van der Waals surface area contributed by atoms with E-state index in [4.69, 9.17) is 11.6 Å². The van der Waals surface area contributed by atoms with Crippen LogP contribution in [-0.2, 0) is 6.42 Å². The lowest BCUT2D eigenvalue weighted by Crippen LogP contribution is -2.31. The zero-order chi connectivity index (χ0) is 11.3. The Bertz CT molecular complexity index is 334. The number of hydrogen-bond acceptors (Lipinski definition) is 3. The van der Waals surface area contributed by atoms with Gasteiger partial charge in [-0.2, -0.15) is 0 Å². The summed E-state index contributed by atoms with van der Waals surface area (Å²) < 4.78 is 1.16. The van der Waals surface area contributed by atoms with Crippen molar-refractivity contribution in [3.8, 4) is 0 Å². The molecule has 0 aliphatic heterocycles. The first-order chi connectivity index (χ1) is 7.11. The molecule has 0 unspecified atom stereocenters. The molecule has 0 aromatic heterocycles. The Balaban J connectivity index is 2.48. The molecule has 3 nitrogen and oxygen atoms in total. The third-order valence-electron chi connectivity index (χ3n) is 1.93. The second-order valence-electron chi connectivity index (χ2n) is 3.07. The van der Waals surface area contributed by atoms with Gasteiger partial charge in [0, 0.05) is 6.54 Å². The maximum atomic E-state index is 5.78. The Morgan fingerprint density at radius 1 is 1.20 bits per heavy atom. The molecule has 0 atom stereocenters. The van der Waals surface area contributed by atoms with E-state index in [9.17, 15) is 0 Å². The van der Waals surface area contributed by atoms with E-state index in [-0.39, 0.29) is 0 Å². The van der Waals surface area contributed by atoms with Crippen molar-refractivity contribution in [3.63, 3.8) is 0 Å². The minimum atomic E-state index is 0.498. The number of benzene rings is 1. The number of nitrogens with zero attached hydrogens (tertiary/aromatic N) is 1. The van der Waals surface area contributed by atoms with Gasteiger partial charge in [0.05, 0.1) is 0 Å². The van der Waals surface area contributed by atoms with Gasteiger partial charge in [-0.15, -0.1) is 0 Å². The Kier molecular flexibility index (Phi) is 5.14. The van der Waals surface area contributed by atoms with Crippen molar-refractivity contribution in [2.45, 2.75) is 6.42 Å². The van der Waals surface area contributed by atoms with E-state index in [1.165, 1.54) is 5.56 Å². The molecule has 1 aromatic carbocycles. The van der Waals surface area contributed by atoms with Crippen molar-refractivity contribution in [1.82, 2.24) is 5.01 Å². The van der Waals surface area contributed by atoms with Gasteiger partial charge in [0.1, 0.15) is 9.21 Å². The monoisotopic (exact) mass is 333 g/mol. The Morgan fingerprint density at radius 2 is 1.80 bits per heavy atom. The second kappa shape index (κ2) is 6.15. The molecule has 4 N–H and O–H groups in total. The van der Waals surface area contributed by atoms with Gasteiger partial charge in [-0.05, 0) is 43.8 Å². The van der Waals surface area contributed by atoms with Crippen molar-refractivity contribution in [3.05, 3.63) is 45.1 Å². The Morgan fingerprint density at radius 3 is 2.33 bits per heavy atom. The molecule has 0 aliphatic rings. The Labute approximate surface area is 106 Å². The average molecular weight is 335 g/mol. The van der Waals surface area contributed by atoms with Crippen LogP contribution in [0.15, 0.2) is 39.5 Å². The largest absolute Gasteiger partial charge is 0.391 e. The van der Waals surface area contributed by atoms with Gasteiger partial charge in [0.2, 0.25) is 0 Å². The van der Waals surface area contributed by atoms with Crippen LogP contribution < -0.4 is 11.6 Å². The summed E-state index contributed by atoms with van der Waals surface area (Å²) in [6.45, 7) is 0.705. The first-order valence-corrected chi connectivity index (χ1v) is 6.06. The van der Waals surface area contributed by atoms with E-state index in [1.54, 1.807) is 5.01 Å². The third-order valence-corrected chi connectivity index (χ3v) is 3.72. The highest BCUT2D eigenvalue weighted by Gasteiger charge is 2.04. The van der Waals surface area contributed by atoms with Gasteiger partial charge in [0.25, 0.3) is 0 Å². The lowest BCUT2D eigenvalue weighted by molar-refractivity contribution is 0.389. The zero-order valence-corrected chi connectivity index (χ0v) is 11.3. The van der Waals surface area contributed by atoms with E-state index < -0.39 is 0 Å². The fourth-order valence-electron chi connectivity index (χ4n) is 1.13. The summed E-state index contributed by atoms with van der Waals surface area (Å²) in [7, 11) is 0. The fourth-order valence-corrected chi connectivity index (χ4v) is 1.53. The number of hydrazine groups is 1. The standard InChI is InChI=1S/C10H13Br2N3/c11-9(13)10(12)15(14)7-6-8-4-2-1-3-5-8/h1-5H,6-7,13-14H2/b10-9-. The molecule has 0 saturated heterocycles. The molecule has 0 spiro atoms. The van der Waals surface area contributed by atoms with Gasteiger partial charge >= 0.3 is 0 Å². The van der Waals surface area contributed by atoms with Crippen LogP contribution in [0.1, 0.15) is 5.56 Å². The van der Waals surface area contributed by atoms with Crippen LogP contribution in [-0.4, -0.2) is 11.6 Å². The van der Waals surface area contributed by atoms with E-state index in [0.717, 1.165) is 6.42 Å². The summed E-state index contributed by atoms with van der Waals surface area (Å²) in [4.78, 5) is 0. The van der Waals surface area contributed by atoms with Crippen LogP contribution >= 0.6 is 31.9 Å². The highest BCUT2D eigenvalue weighted by Crippen LogP contribution is 2.15. The molecule has 1 aromatic rings. The van der Waals surface area contributed by atoms with Crippen LogP contribution in [0.3, 0.4) is 0 Å². The van der Waals surface area contributed by atoms with E-state index in [1.807, 2.05) is 18.2 Å². The molecular weight excluding hydrogens is 322 g/mol. The second-order valence-corrected chi connectivity index (χ2v) is 4.67. The van der Waals surface area contributed by atoms with Crippen molar-refractivity contribution in [1.29, 1.82) is 0 Å². The summed E-state index contributed by atoms with van der Waals surface area (Å²) in [6.07, 6.45) is 0.882. The predicted molar refractivity (Wildman–Crippen MR) is 70.1 cm³/mol. The normalized spacial score (nSPS) is 12.2. The van der Waals surface area contributed by atoms with Crippen molar-refractivity contribution in [2.75, 3.05) is 6.54 Å². The predicted octanol–water partition coefficient (Wildman–Crippen LogP) is 2.28. The van der Waals surface area contributed by atoms with Gasteiger partial charge in [-0.1, -0.05) is 30.3 Å². The molecule has 0 amide bonds. The maximum absolute atomic E-state index is 5.78. The first kappa shape index (κ1) is 12.5. The number of hydrogen-bond donors (Lipinski definition) is 2. The van der Waals surface area contributed by atoms with E-state index >= 15 is 0 Å². The zero-order valence-electron chi connectivity index (χ0n) is 8.16. The minimum Gasteiger partial charge on any atom is -0.391 e.